The number of methoxy groups -OCH3 is 1. The molecule has 1 aromatic carbocycles. The van der Waals surface area contributed by atoms with E-state index in [0.717, 1.165) is 16.6 Å². The molecule has 1 unspecified atom stereocenters. The summed E-state index contributed by atoms with van der Waals surface area (Å²) in [6, 6.07) is 7.59. The molecule has 0 aliphatic rings. The minimum absolute atomic E-state index is 0.227. The number of carbonyl (C=O) groups is 1. The van der Waals surface area contributed by atoms with Crippen LogP contribution < -0.4 is 5.73 Å². The molecule has 1 heterocycles. The van der Waals surface area contributed by atoms with Gasteiger partial charge in [0.05, 0.1) is 7.11 Å². The molecule has 0 radical (unpaired) electrons. The Hall–Kier alpha value is -1.81. The van der Waals surface area contributed by atoms with Gasteiger partial charge in [-0.25, -0.2) is 4.79 Å². The van der Waals surface area contributed by atoms with Crippen molar-refractivity contribution in [3.63, 3.8) is 0 Å². The van der Waals surface area contributed by atoms with Crippen LogP contribution in [0.3, 0.4) is 0 Å². The maximum absolute atomic E-state index is 11.7. The normalized spacial score (nSPS) is 12.9. The van der Waals surface area contributed by atoms with Crippen molar-refractivity contribution in [2.24, 2.45) is 5.73 Å². The minimum atomic E-state index is -0.751. The lowest BCUT2D eigenvalue weighted by Crippen LogP contribution is -2.25. The standard InChI is InChI=1S/C15H20N2O2/c1-9(2)17-12-7-5-6-10(3)11(12)8-13(17)14(16)15(18)19-4/h5-9,14H,16H2,1-4H3. The summed E-state index contributed by atoms with van der Waals surface area (Å²) in [5.74, 6) is -0.414. The van der Waals surface area contributed by atoms with Gasteiger partial charge in [-0.2, -0.15) is 0 Å². The third-order valence-electron chi connectivity index (χ3n) is 3.42. The Morgan fingerprint density at radius 2 is 2.05 bits per heavy atom. The van der Waals surface area contributed by atoms with E-state index in [9.17, 15) is 4.79 Å². The number of esters is 1. The van der Waals surface area contributed by atoms with Gasteiger partial charge in [0.25, 0.3) is 0 Å². The van der Waals surface area contributed by atoms with Crippen molar-refractivity contribution in [3.8, 4) is 0 Å². The van der Waals surface area contributed by atoms with Gasteiger partial charge in [-0.1, -0.05) is 12.1 Å². The third kappa shape index (κ3) is 2.24. The van der Waals surface area contributed by atoms with Gasteiger partial charge in [0.2, 0.25) is 0 Å². The van der Waals surface area contributed by atoms with E-state index in [1.165, 1.54) is 12.7 Å². The van der Waals surface area contributed by atoms with Crippen molar-refractivity contribution in [2.45, 2.75) is 32.9 Å². The number of ether oxygens (including phenoxy) is 1. The van der Waals surface area contributed by atoms with E-state index in [0.29, 0.717) is 0 Å². The first-order chi connectivity index (χ1) is 8.97. The largest absolute Gasteiger partial charge is 0.468 e. The Bertz CT molecular complexity index is 614. The van der Waals surface area contributed by atoms with Gasteiger partial charge in [-0.15, -0.1) is 0 Å². The molecule has 0 aliphatic carbocycles. The number of benzene rings is 1. The Balaban J connectivity index is 2.70. The summed E-state index contributed by atoms with van der Waals surface area (Å²) >= 11 is 0. The first-order valence-electron chi connectivity index (χ1n) is 6.41. The number of aromatic nitrogens is 1. The van der Waals surface area contributed by atoms with Crippen molar-refractivity contribution in [1.29, 1.82) is 0 Å². The van der Waals surface area contributed by atoms with Crippen LogP contribution >= 0.6 is 0 Å². The van der Waals surface area contributed by atoms with Crippen molar-refractivity contribution in [1.82, 2.24) is 4.57 Å². The van der Waals surface area contributed by atoms with Crippen LogP contribution in [0.1, 0.15) is 37.2 Å². The van der Waals surface area contributed by atoms with E-state index >= 15 is 0 Å². The fourth-order valence-corrected chi connectivity index (χ4v) is 2.48. The first-order valence-corrected chi connectivity index (χ1v) is 6.41. The average Bonchev–Trinajstić information content (AvgIpc) is 2.77. The second-order valence-electron chi connectivity index (χ2n) is 5.04. The van der Waals surface area contributed by atoms with Crippen molar-refractivity contribution >= 4 is 16.9 Å². The van der Waals surface area contributed by atoms with Crippen LogP contribution in [0.5, 0.6) is 0 Å². The molecule has 4 heteroatoms. The van der Waals surface area contributed by atoms with E-state index in [2.05, 4.69) is 37.5 Å². The van der Waals surface area contributed by atoms with Gasteiger partial charge in [0.15, 0.2) is 0 Å². The van der Waals surface area contributed by atoms with Gasteiger partial charge in [-0.05, 0) is 38.5 Å². The SMILES string of the molecule is COC(=O)C(N)c1cc2c(C)cccc2n1C(C)C. The summed E-state index contributed by atoms with van der Waals surface area (Å²) in [4.78, 5) is 11.7. The van der Waals surface area contributed by atoms with Crippen molar-refractivity contribution < 1.29 is 9.53 Å². The molecule has 0 amide bonds. The number of rotatable bonds is 3. The third-order valence-corrected chi connectivity index (χ3v) is 3.42. The number of aryl methyl sites for hydroxylation is 1. The zero-order valence-corrected chi connectivity index (χ0v) is 11.8. The topological polar surface area (TPSA) is 57.2 Å². The summed E-state index contributed by atoms with van der Waals surface area (Å²) < 4.78 is 6.85. The molecule has 0 saturated carbocycles. The minimum Gasteiger partial charge on any atom is -0.468 e. The van der Waals surface area contributed by atoms with Crippen LogP contribution in [0.4, 0.5) is 0 Å². The van der Waals surface area contributed by atoms with Crippen molar-refractivity contribution in [3.05, 3.63) is 35.5 Å². The Kier molecular flexibility index (Phi) is 3.62. The molecule has 0 bridgehead atoms. The zero-order valence-electron chi connectivity index (χ0n) is 11.8. The number of hydrogen-bond acceptors (Lipinski definition) is 3. The van der Waals surface area contributed by atoms with Gasteiger partial charge >= 0.3 is 5.97 Å². The number of nitrogens with zero attached hydrogens (tertiary/aromatic N) is 1. The molecule has 1 aromatic heterocycles. The maximum Gasteiger partial charge on any atom is 0.328 e. The summed E-state index contributed by atoms with van der Waals surface area (Å²) in [5, 5.41) is 1.13. The maximum atomic E-state index is 11.7. The van der Waals surface area contributed by atoms with Crippen LogP contribution in [0.2, 0.25) is 0 Å². The van der Waals surface area contributed by atoms with Gasteiger partial charge in [0.1, 0.15) is 6.04 Å². The molecule has 2 N–H and O–H groups in total. The molecule has 0 spiro atoms. The predicted octanol–water partition coefficient (Wildman–Crippen LogP) is 2.70. The zero-order chi connectivity index (χ0) is 14.2. The van der Waals surface area contributed by atoms with Gasteiger partial charge in [-0.3, -0.25) is 0 Å². The fourth-order valence-electron chi connectivity index (χ4n) is 2.48. The number of fused-ring (bicyclic) bond motifs is 1. The molecular formula is C15H20N2O2. The molecule has 0 saturated heterocycles. The molecule has 0 fully saturated rings. The molecule has 2 rings (SSSR count). The lowest BCUT2D eigenvalue weighted by atomic mass is 10.1. The lowest BCUT2D eigenvalue weighted by molar-refractivity contribution is -0.142. The number of carbonyl (C=O) groups excluding carboxylic acids is 1. The highest BCUT2D eigenvalue weighted by molar-refractivity contribution is 5.87. The molecule has 2 aromatic rings. The highest BCUT2D eigenvalue weighted by Gasteiger charge is 2.23. The first kappa shape index (κ1) is 13.6. The highest BCUT2D eigenvalue weighted by Crippen LogP contribution is 2.29. The second kappa shape index (κ2) is 5.05. The smallest absolute Gasteiger partial charge is 0.328 e. The van der Waals surface area contributed by atoms with Gasteiger partial charge < -0.3 is 15.0 Å². The van der Waals surface area contributed by atoms with E-state index in [-0.39, 0.29) is 6.04 Å². The molecule has 102 valence electrons. The molecular weight excluding hydrogens is 240 g/mol. The fraction of sp³-hybridized carbons (Fsp3) is 0.400. The lowest BCUT2D eigenvalue weighted by Gasteiger charge is -2.17. The van der Waals surface area contributed by atoms with Crippen LogP contribution in [-0.2, 0) is 9.53 Å². The summed E-state index contributed by atoms with van der Waals surface area (Å²) in [6.45, 7) is 6.21. The molecule has 0 aliphatic heterocycles. The van der Waals surface area contributed by atoms with Crippen LogP contribution in [-0.4, -0.2) is 17.6 Å². The summed E-state index contributed by atoms with van der Waals surface area (Å²) in [7, 11) is 1.36. The van der Waals surface area contributed by atoms with Crippen molar-refractivity contribution in [2.75, 3.05) is 7.11 Å². The molecule has 19 heavy (non-hydrogen) atoms. The predicted molar refractivity (Wildman–Crippen MR) is 76.0 cm³/mol. The summed E-state index contributed by atoms with van der Waals surface area (Å²) in [6.07, 6.45) is 0. The highest BCUT2D eigenvalue weighted by atomic mass is 16.5. The summed E-state index contributed by atoms with van der Waals surface area (Å²) in [5.41, 5.74) is 9.08. The Morgan fingerprint density at radius 3 is 2.63 bits per heavy atom. The molecule has 4 nitrogen and oxygen atoms in total. The van der Waals surface area contributed by atoms with Crippen LogP contribution in [0.25, 0.3) is 10.9 Å². The monoisotopic (exact) mass is 260 g/mol. The Labute approximate surface area is 113 Å². The van der Waals surface area contributed by atoms with Gasteiger partial charge in [0, 0.05) is 22.6 Å². The quantitative estimate of drug-likeness (QED) is 0.863. The molecule has 1 atom stereocenters. The second-order valence-corrected chi connectivity index (χ2v) is 5.04. The van der Waals surface area contributed by atoms with E-state index < -0.39 is 12.0 Å². The van der Waals surface area contributed by atoms with Crippen LogP contribution in [0, 0.1) is 6.92 Å². The van der Waals surface area contributed by atoms with E-state index in [1.807, 2.05) is 12.1 Å². The van der Waals surface area contributed by atoms with E-state index in [4.69, 9.17) is 10.5 Å². The van der Waals surface area contributed by atoms with Crippen LogP contribution in [0.15, 0.2) is 24.3 Å². The number of nitrogens with two attached hydrogens (primary N) is 1. The van der Waals surface area contributed by atoms with E-state index in [1.54, 1.807) is 0 Å². The number of hydrogen-bond donors (Lipinski definition) is 1. The average molecular weight is 260 g/mol. The Morgan fingerprint density at radius 1 is 1.37 bits per heavy atom.